The Morgan fingerprint density at radius 3 is 2.53 bits per heavy atom. The molecule has 0 atom stereocenters. The minimum absolute atomic E-state index is 0.0848. The zero-order valence-corrected chi connectivity index (χ0v) is 19.7. The maximum Gasteiger partial charge on any atom is 0.243 e. The second-order valence-electron chi connectivity index (χ2n) is 8.09. The van der Waals surface area contributed by atoms with Crippen LogP contribution in [0.5, 0.6) is 0 Å². The highest BCUT2D eigenvalue weighted by Gasteiger charge is 2.31. The number of aryl methyl sites for hydroxylation is 1. The Bertz CT molecular complexity index is 1110. The molecule has 1 saturated heterocycles. The Hall–Kier alpha value is -2.36. The molecule has 0 spiro atoms. The van der Waals surface area contributed by atoms with E-state index in [4.69, 9.17) is 0 Å². The number of thioether (sulfide) groups is 1. The van der Waals surface area contributed by atoms with Crippen LogP contribution in [0.2, 0.25) is 0 Å². The minimum Gasteiger partial charge on any atom is -0.354 e. The van der Waals surface area contributed by atoms with Gasteiger partial charge in [0, 0.05) is 24.5 Å². The van der Waals surface area contributed by atoms with Crippen LogP contribution in [-0.2, 0) is 26.0 Å². The van der Waals surface area contributed by atoms with Gasteiger partial charge in [-0.2, -0.15) is 4.31 Å². The fourth-order valence-corrected chi connectivity index (χ4v) is 6.49. The summed E-state index contributed by atoms with van der Waals surface area (Å²) >= 11 is 1.31. The fourth-order valence-electron chi connectivity index (χ4n) is 3.90. The number of amides is 2. The average Bonchev–Trinajstić information content (AvgIpc) is 3.33. The van der Waals surface area contributed by atoms with Gasteiger partial charge in [-0.15, -0.1) is 11.8 Å². The van der Waals surface area contributed by atoms with Crippen LogP contribution in [-0.4, -0.2) is 56.5 Å². The lowest BCUT2D eigenvalue weighted by Crippen LogP contribution is -2.43. The number of sulfonamides is 1. The molecule has 2 aliphatic rings. The summed E-state index contributed by atoms with van der Waals surface area (Å²) < 4.78 is 27.2. The van der Waals surface area contributed by atoms with Crippen molar-refractivity contribution in [1.29, 1.82) is 0 Å². The smallest absolute Gasteiger partial charge is 0.243 e. The molecule has 0 radical (unpaired) electrons. The van der Waals surface area contributed by atoms with Crippen molar-refractivity contribution in [3.8, 4) is 0 Å². The number of rotatable bonds is 7. The Morgan fingerprint density at radius 2 is 1.81 bits per heavy atom. The van der Waals surface area contributed by atoms with E-state index in [9.17, 15) is 18.0 Å². The normalized spacial score (nSPS) is 16.8. The molecular formula is C23H27N3O4S2. The van der Waals surface area contributed by atoms with Crippen molar-refractivity contribution in [2.75, 3.05) is 36.8 Å². The van der Waals surface area contributed by atoms with E-state index in [2.05, 4.69) is 5.32 Å². The van der Waals surface area contributed by atoms with Gasteiger partial charge in [0.05, 0.1) is 16.3 Å². The molecule has 4 rings (SSSR count). The number of carbonyl (C=O) groups is 2. The van der Waals surface area contributed by atoms with Crippen molar-refractivity contribution in [2.45, 2.75) is 36.0 Å². The summed E-state index contributed by atoms with van der Waals surface area (Å²) in [5.41, 5.74) is 2.91. The van der Waals surface area contributed by atoms with Gasteiger partial charge in [-0.1, -0.05) is 29.8 Å². The minimum atomic E-state index is -3.53. The quantitative estimate of drug-likeness (QED) is 0.668. The molecule has 2 aromatic rings. The van der Waals surface area contributed by atoms with Gasteiger partial charge in [0.15, 0.2) is 0 Å². The lowest BCUT2D eigenvalue weighted by Gasteiger charge is -2.29. The van der Waals surface area contributed by atoms with Gasteiger partial charge < -0.3 is 10.2 Å². The van der Waals surface area contributed by atoms with Gasteiger partial charge in [0.2, 0.25) is 21.8 Å². The van der Waals surface area contributed by atoms with Crippen LogP contribution < -0.4 is 10.2 Å². The van der Waals surface area contributed by atoms with Gasteiger partial charge in [-0.3, -0.25) is 9.59 Å². The third-order valence-corrected chi connectivity index (χ3v) is 8.66. The molecule has 1 fully saturated rings. The zero-order chi connectivity index (χ0) is 22.7. The fraction of sp³-hybridized carbons (Fsp3) is 0.391. The Balaban J connectivity index is 1.42. The summed E-state index contributed by atoms with van der Waals surface area (Å²) in [6, 6.07) is 13.0. The number of nitrogens with one attached hydrogen (secondary N) is 1. The molecule has 7 nitrogen and oxygen atoms in total. The summed E-state index contributed by atoms with van der Waals surface area (Å²) in [6.07, 6.45) is 2.46. The SMILES string of the molecule is Cc1ccc(CCNC(=O)CN2C(=O)CSc3cc(S(=O)(=O)N4CCCC4)ccc32)cc1. The van der Waals surface area contributed by atoms with Crippen molar-refractivity contribution in [3.63, 3.8) is 0 Å². The van der Waals surface area contributed by atoms with Gasteiger partial charge in [-0.05, 0) is 49.9 Å². The molecule has 1 N–H and O–H groups in total. The topological polar surface area (TPSA) is 86.8 Å². The van der Waals surface area contributed by atoms with Crippen molar-refractivity contribution in [2.24, 2.45) is 0 Å². The van der Waals surface area contributed by atoms with Crippen molar-refractivity contribution >= 4 is 39.3 Å². The largest absolute Gasteiger partial charge is 0.354 e. The van der Waals surface area contributed by atoms with Crippen LogP contribution in [0.4, 0.5) is 5.69 Å². The standard InChI is InChI=1S/C23H27N3O4S2/c1-17-4-6-18(7-5-17)10-11-24-22(27)15-26-20-9-8-19(14-21(20)31-16-23(26)28)32(29,30)25-12-2-3-13-25/h4-9,14H,2-3,10-13,15-16H2,1H3,(H,24,27). The summed E-state index contributed by atoms with van der Waals surface area (Å²) in [7, 11) is -3.53. The maximum atomic E-state index is 12.9. The summed E-state index contributed by atoms with van der Waals surface area (Å²) in [6.45, 7) is 3.51. The van der Waals surface area contributed by atoms with Crippen LogP contribution in [0.15, 0.2) is 52.3 Å². The van der Waals surface area contributed by atoms with E-state index in [-0.39, 0.29) is 29.0 Å². The first kappa shape index (κ1) is 22.8. The first-order chi connectivity index (χ1) is 15.3. The van der Waals surface area contributed by atoms with Crippen molar-refractivity contribution in [1.82, 2.24) is 9.62 Å². The monoisotopic (exact) mass is 473 g/mol. The van der Waals surface area contributed by atoms with Crippen LogP contribution in [0.1, 0.15) is 24.0 Å². The van der Waals surface area contributed by atoms with Crippen LogP contribution >= 0.6 is 11.8 Å². The van der Waals surface area contributed by atoms with Crippen LogP contribution in [0.3, 0.4) is 0 Å². The number of carbonyl (C=O) groups excluding carboxylic acids is 2. The van der Waals surface area contributed by atoms with E-state index in [1.54, 1.807) is 12.1 Å². The Morgan fingerprint density at radius 1 is 1.09 bits per heavy atom. The lowest BCUT2D eigenvalue weighted by atomic mass is 10.1. The maximum absolute atomic E-state index is 12.9. The molecule has 2 heterocycles. The molecule has 0 bridgehead atoms. The average molecular weight is 474 g/mol. The highest BCUT2D eigenvalue weighted by atomic mass is 32.2. The van der Waals surface area contributed by atoms with Crippen molar-refractivity contribution in [3.05, 3.63) is 53.6 Å². The zero-order valence-electron chi connectivity index (χ0n) is 18.0. The molecule has 0 aliphatic carbocycles. The Labute approximate surface area is 193 Å². The van der Waals surface area contributed by atoms with Crippen LogP contribution in [0, 0.1) is 6.92 Å². The number of hydrogen-bond donors (Lipinski definition) is 1. The first-order valence-corrected chi connectivity index (χ1v) is 13.2. The molecule has 2 aliphatic heterocycles. The van der Waals surface area contributed by atoms with E-state index < -0.39 is 10.0 Å². The van der Waals surface area contributed by atoms with E-state index in [0.717, 1.165) is 18.4 Å². The van der Waals surface area contributed by atoms with Gasteiger partial charge in [0.25, 0.3) is 0 Å². The van der Waals surface area contributed by atoms with Crippen LogP contribution in [0.25, 0.3) is 0 Å². The molecule has 0 unspecified atom stereocenters. The lowest BCUT2D eigenvalue weighted by molar-refractivity contribution is -0.122. The van der Waals surface area contributed by atoms with Gasteiger partial charge in [0.1, 0.15) is 6.54 Å². The second-order valence-corrected chi connectivity index (χ2v) is 11.0. The van der Waals surface area contributed by atoms with E-state index in [0.29, 0.717) is 36.6 Å². The third-order valence-electron chi connectivity index (χ3n) is 5.74. The molecule has 2 aromatic carbocycles. The van der Waals surface area contributed by atoms with Gasteiger partial charge >= 0.3 is 0 Å². The molecule has 0 aromatic heterocycles. The molecule has 170 valence electrons. The predicted octanol–water partition coefficient (Wildman–Crippen LogP) is 2.58. The van der Waals surface area contributed by atoms with E-state index >= 15 is 0 Å². The predicted molar refractivity (Wildman–Crippen MR) is 125 cm³/mol. The summed E-state index contributed by atoms with van der Waals surface area (Å²) in [5, 5.41) is 2.87. The van der Waals surface area contributed by atoms with Gasteiger partial charge in [-0.25, -0.2) is 8.42 Å². The molecule has 0 saturated carbocycles. The Kier molecular flexibility index (Phi) is 6.88. The third kappa shape index (κ3) is 5.00. The second kappa shape index (κ2) is 9.64. The molecule has 32 heavy (non-hydrogen) atoms. The van der Waals surface area contributed by atoms with E-state index in [1.165, 1.54) is 32.6 Å². The number of hydrogen-bond acceptors (Lipinski definition) is 5. The van der Waals surface area contributed by atoms with Crippen molar-refractivity contribution < 1.29 is 18.0 Å². The summed E-state index contributed by atoms with van der Waals surface area (Å²) in [5.74, 6) is -0.222. The molecular weight excluding hydrogens is 446 g/mol. The number of fused-ring (bicyclic) bond motifs is 1. The first-order valence-electron chi connectivity index (χ1n) is 10.7. The molecule has 9 heteroatoms. The highest BCUT2D eigenvalue weighted by Crippen LogP contribution is 2.37. The highest BCUT2D eigenvalue weighted by molar-refractivity contribution is 8.00. The number of benzene rings is 2. The van der Waals surface area contributed by atoms with E-state index in [1.807, 2.05) is 31.2 Å². The molecule has 2 amide bonds. The summed E-state index contributed by atoms with van der Waals surface area (Å²) in [4.78, 5) is 27.4. The number of anilines is 1. The number of nitrogens with zero attached hydrogens (tertiary/aromatic N) is 2.